The van der Waals surface area contributed by atoms with Crippen molar-refractivity contribution < 1.29 is 0 Å². The highest BCUT2D eigenvalue weighted by molar-refractivity contribution is 14.0. The van der Waals surface area contributed by atoms with Crippen LogP contribution in [0.15, 0.2) is 4.99 Å². The van der Waals surface area contributed by atoms with Crippen LogP contribution in [-0.4, -0.2) is 98.7 Å². The molecule has 1 atom stereocenters. The SMILES string of the molecule is CN=C(NCCN(C(C)C)C(C)C)NCC(C)N1CCN(C)CC1.I. The molecule has 1 unspecified atom stereocenters. The van der Waals surface area contributed by atoms with Gasteiger partial charge >= 0.3 is 0 Å². The Morgan fingerprint density at radius 1 is 1.00 bits per heavy atom. The molecule has 1 heterocycles. The first-order valence-corrected chi connectivity index (χ1v) is 9.48. The van der Waals surface area contributed by atoms with Crippen LogP contribution in [-0.2, 0) is 0 Å². The van der Waals surface area contributed by atoms with Gasteiger partial charge in [0.05, 0.1) is 0 Å². The number of aliphatic imine (C=N–C) groups is 1. The molecule has 6 nitrogen and oxygen atoms in total. The zero-order valence-corrected chi connectivity index (χ0v) is 19.7. The number of nitrogens with zero attached hydrogens (tertiary/aromatic N) is 4. The third kappa shape index (κ3) is 9.40. The molecule has 0 amide bonds. The molecular formula is C18H41IN6. The molecule has 25 heavy (non-hydrogen) atoms. The molecule has 1 rings (SSSR count). The summed E-state index contributed by atoms with van der Waals surface area (Å²) in [6.45, 7) is 18.8. The summed E-state index contributed by atoms with van der Waals surface area (Å²) in [6.07, 6.45) is 0. The lowest BCUT2D eigenvalue weighted by molar-refractivity contribution is 0.120. The van der Waals surface area contributed by atoms with E-state index in [9.17, 15) is 0 Å². The van der Waals surface area contributed by atoms with Gasteiger partial charge in [-0.1, -0.05) is 0 Å². The van der Waals surface area contributed by atoms with Gasteiger partial charge in [0.15, 0.2) is 5.96 Å². The highest BCUT2D eigenvalue weighted by Crippen LogP contribution is 2.04. The topological polar surface area (TPSA) is 46.1 Å². The average Bonchev–Trinajstić information content (AvgIpc) is 2.53. The van der Waals surface area contributed by atoms with Crippen LogP contribution in [0.1, 0.15) is 34.6 Å². The standard InChI is InChI=1S/C18H40N6.HI/c1-15(2)24(16(3)4)9-8-20-18(19-6)21-14-17(5)23-12-10-22(7)11-13-23;/h15-17H,8-14H2,1-7H3,(H2,19,20,21);1H. The maximum absolute atomic E-state index is 4.35. The molecular weight excluding hydrogens is 427 g/mol. The minimum atomic E-state index is 0. The first-order chi connectivity index (χ1) is 11.3. The van der Waals surface area contributed by atoms with Crippen molar-refractivity contribution in [1.29, 1.82) is 0 Å². The summed E-state index contributed by atoms with van der Waals surface area (Å²) in [6, 6.07) is 1.66. The van der Waals surface area contributed by atoms with Gasteiger partial charge in [-0.15, -0.1) is 24.0 Å². The van der Waals surface area contributed by atoms with E-state index in [4.69, 9.17) is 0 Å². The summed E-state index contributed by atoms with van der Waals surface area (Å²) >= 11 is 0. The lowest BCUT2D eigenvalue weighted by Gasteiger charge is -2.36. The number of guanidine groups is 1. The van der Waals surface area contributed by atoms with E-state index in [1.807, 2.05) is 7.05 Å². The Kier molecular flexibility index (Phi) is 13.0. The highest BCUT2D eigenvalue weighted by Gasteiger charge is 2.19. The van der Waals surface area contributed by atoms with E-state index in [0.717, 1.165) is 51.8 Å². The molecule has 1 saturated heterocycles. The summed E-state index contributed by atoms with van der Waals surface area (Å²) in [5.41, 5.74) is 0. The molecule has 0 bridgehead atoms. The first-order valence-electron chi connectivity index (χ1n) is 9.48. The van der Waals surface area contributed by atoms with E-state index >= 15 is 0 Å². The Morgan fingerprint density at radius 3 is 2.04 bits per heavy atom. The van der Waals surface area contributed by atoms with Gasteiger partial charge in [0.2, 0.25) is 0 Å². The Morgan fingerprint density at radius 2 is 1.56 bits per heavy atom. The molecule has 0 saturated carbocycles. The summed E-state index contributed by atoms with van der Waals surface area (Å²) in [7, 11) is 4.04. The Labute approximate surface area is 172 Å². The molecule has 1 fully saturated rings. The van der Waals surface area contributed by atoms with Gasteiger partial charge < -0.3 is 15.5 Å². The fourth-order valence-corrected chi connectivity index (χ4v) is 3.27. The summed E-state index contributed by atoms with van der Waals surface area (Å²) in [5, 5.41) is 6.92. The van der Waals surface area contributed by atoms with Gasteiger partial charge in [-0.2, -0.15) is 0 Å². The minimum Gasteiger partial charge on any atom is -0.355 e. The van der Waals surface area contributed by atoms with Crippen LogP contribution in [0.2, 0.25) is 0 Å². The van der Waals surface area contributed by atoms with Crippen molar-refractivity contribution >= 4 is 29.9 Å². The fraction of sp³-hybridized carbons (Fsp3) is 0.944. The molecule has 0 aromatic heterocycles. The van der Waals surface area contributed by atoms with E-state index in [0.29, 0.717) is 18.1 Å². The zero-order chi connectivity index (χ0) is 18.1. The van der Waals surface area contributed by atoms with Crippen molar-refractivity contribution in [1.82, 2.24) is 25.3 Å². The molecule has 0 radical (unpaired) electrons. The summed E-state index contributed by atoms with van der Waals surface area (Å²) in [4.78, 5) is 11.8. The largest absolute Gasteiger partial charge is 0.355 e. The van der Waals surface area contributed by atoms with Crippen molar-refractivity contribution in [2.45, 2.75) is 52.7 Å². The molecule has 2 N–H and O–H groups in total. The van der Waals surface area contributed by atoms with Gasteiger partial charge in [0, 0.05) is 71.0 Å². The predicted molar refractivity (Wildman–Crippen MR) is 120 cm³/mol. The lowest BCUT2D eigenvalue weighted by Crippen LogP contribution is -2.52. The number of rotatable bonds is 8. The van der Waals surface area contributed by atoms with Gasteiger partial charge in [0.25, 0.3) is 0 Å². The quantitative estimate of drug-likeness (QED) is 0.322. The number of halogens is 1. The second kappa shape index (κ2) is 13.1. The van der Waals surface area contributed by atoms with Gasteiger partial charge in [-0.3, -0.25) is 14.8 Å². The monoisotopic (exact) mass is 468 g/mol. The molecule has 0 aromatic rings. The van der Waals surface area contributed by atoms with Crippen molar-refractivity contribution in [3.05, 3.63) is 0 Å². The Balaban J connectivity index is 0.00000576. The zero-order valence-electron chi connectivity index (χ0n) is 17.4. The van der Waals surface area contributed by atoms with Crippen LogP contribution in [0.5, 0.6) is 0 Å². The molecule has 1 aliphatic rings. The maximum atomic E-state index is 4.35. The van der Waals surface area contributed by atoms with Crippen molar-refractivity contribution in [3.63, 3.8) is 0 Å². The van der Waals surface area contributed by atoms with E-state index in [1.165, 1.54) is 0 Å². The van der Waals surface area contributed by atoms with Crippen LogP contribution in [0.25, 0.3) is 0 Å². The number of nitrogens with one attached hydrogen (secondary N) is 2. The molecule has 0 aromatic carbocycles. The third-order valence-corrected chi connectivity index (χ3v) is 4.94. The number of hydrogen-bond donors (Lipinski definition) is 2. The fourth-order valence-electron chi connectivity index (χ4n) is 3.27. The molecule has 0 spiro atoms. The predicted octanol–water partition coefficient (Wildman–Crippen LogP) is 1.52. The van der Waals surface area contributed by atoms with E-state index in [1.54, 1.807) is 0 Å². The first kappa shape index (κ1) is 24.9. The minimum absolute atomic E-state index is 0. The van der Waals surface area contributed by atoms with E-state index in [-0.39, 0.29) is 24.0 Å². The van der Waals surface area contributed by atoms with Crippen molar-refractivity contribution in [2.75, 3.05) is 59.9 Å². The second-order valence-electron chi connectivity index (χ2n) is 7.49. The average molecular weight is 468 g/mol. The third-order valence-electron chi connectivity index (χ3n) is 4.94. The Bertz CT molecular complexity index is 359. The van der Waals surface area contributed by atoms with Crippen molar-refractivity contribution in [2.24, 2.45) is 4.99 Å². The summed E-state index contributed by atoms with van der Waals surface area (Å²) in [5.74, 6) is 0.906. The van der Waals surface area contributed by atoms with Crippen molar-refractivity contribution in [3.8, 4) is 0 Å². The second-order valence-corrected chi connectivity index (χ2v) is 7.49. The van der Waals surface area contributed by atoms with Crippen LogP contribution >= 0.6 is 24.0 Å². The van der Waals surface area contributed by atoms with E-state index < -0.39 is 0 Å². The molecule has 0 aliphatic carbocycles. The van der Waals surface area contributed by atoms with Crippen LogP contribution in [0.3, 0.4) is 0 Å². The van der Waals surface area contributed by atoms with Crippen LogP contribution < -0.4 is 10.6 Å². The smallest absolute Gasteiger partial charge is 0.191 e. The lowest BCUT2D eigenvalue weighted by atomic mass is 10.2. The highest BCUT2D eigenvalue weighted by atomic mass is 127. The van der Waals surface area contributed by atoms with Gasteiger partial charge in [-0.25, -0.2) is 0 Å². The number of hydrogen-bond acceptors (Lipinski definition) is 4. The van der Waals surface area contributed by atoms with E-state index in [2.05, 4.69) is 72.0 Å². The molecule has 1 aliphatic heterocycles. The normalized spacial score (nSPS) is 18.6. The number of piperazine rings is 1. The molecule has 150 valence electrons. The summed E-state index contributed by atoms with van der Waals surface area (Å²) < 4.78 is 0. The van der Waals surface area contributed by atoms with Crippen LogP contribution in [0, 0.1) is 0 Å². The Hall–Kier alpha value is -0.120. The van der Waals surface area contributed by atoms with Gasteiger partial charge in [-0.05, 0) is 41.7 Å². The van der Waals surface area contributed by atoms with Crippen LogP contribution in [0.4, 0.5) is 0 Å². The van der Waals surface area contributed by atoms with Gasteiger partial charge in [0.1, 0.15) is 0 Å². The number of likely N-dealkylation sites (N-methyl/N-ethyl adjacent to an activating group) is 1. The maximum Gasteiger partial charge on any atom is 0.191 e. The molecule has 7 heteroatoms.